The predicted molar refractivity (Wildman–Crippen MR) is 154 cm³/mol. The summed E-state index contributed by atoms with van der Waals surface area (Å²) in [6.45, 7) is 17.5. The van der Waals surface area contributed by atoms with Crippen LogP contribution >= 0.6 is 9.06 Å². The predicted octanol–water partition coefficient (Wildman–Crippen LogP) is 8.30. The van der Waals surface area contributed by atoms with Gasteiger partial charge in [0.25, 0.3) is 0 Å². The fourth-order valence-electron chi connectivity index (χ4n) is 3.93. The molecule has 0 fully saturated rings. The first-order chi connectivity index (χ1) is 17.3. The molecule has 3 aromatic rings. The standard InChI is InChI=1S/C30H40O6S2/c1-28(2,3)34-22-10-16-25(17-11-22)37(38(31,32)33,26-18-12-23(13-19-26)35-29(4,5)6)27-20-14-24(15-21-27)36-30(7,8)9/h10-21H,1-9H3,(H,31,32,33). The SMILES string of the molecule is CC(C)(C)Oc1ccc(S(c2ccc(OC(C)(C)C)cc2)(c2ccc(OC(C)(C)C)cc2)S(=O)(=O)O)cc1. The molecule has 0 amide bonds. The van der Waals surface area contributed by atoms with Gasteiger partial charge < -0.3 is 14.2 Å². The topological polar surface area (TPSA) is 82.1 Å². The van der Waals surface area contributed by atoms with E-state index in [1.807, 2.05) is 62.3 Å². The van der Waals surface area contributed by atoms with Crippen molar-refractivity contribution in [3.8, 4) is 17.2 Å². The van der Waals surface area contributed by atoms with E-state index in [-0.39, 0.29) is 0 Å². The molecular weight excluding hydrogens is 520 g/mol. The van der Waals surface area contributed by atoms with Crippen molar-refractivity contribution in [2.45, 2.75) is 93.8 Å². The molecule has 0 atom stereocenters. The van der Waals surface area contributed by atoms with Crippen LogP contribution < -0.4 is 14.2 Å². The lowest BCUT2D eigenvalue weighted by Crippen LogP contribution is -2.23. The first kappa shape index (κ1) is 29.9. The summed E-state index contributed by atoms with van der Waals surface area (Å²) in [5.41, 5.74) is -1.25. The Morgan fingerprint density at radius 2 is 0.684 bits per heavy atom. The normalized spacial score (nSPS) is 13.6. The molecule has 3 rings (SSSR count). The summed E-state index contributed by atoms with van der Waals surface area (Å²) in [6, 6.07) is 20.7. The average Bonchev–Trinajstić information content (AvgIpc) is 2.73. The van der Waals surface area contributed by atoms with Crippen LogP contribution in [0.1, 0.15) is 62.3 Å². The van der Waals surface area contributed by atoms with Crippen LogP contribution in [0.2, 0.25) is 0 Å². The Bertz CT molecular complexity index is 1180. The highest BCUT2D eigenvalue weighted by Crippen LogP contribution is 2.72. The summed E-state index contributed by atoms with van der Waals surface area (Å²) in [5, 5.41) is 0. The minimum atomic E-state index is -4.67. The Balaban J connectivity index is 2.24. The van der Waals surface area contributed by atoms with Crippen molar-refractivity contribution in [2.75, 3.05) is 0 Å². The monoisotopic (exact) mass is 560 g/mol. The third kappa shape index (κ3) is 7.24. The molecule has 6 nitrogen and oxygen atoms in total. The minimum Gasteiger partial charge on any atom is -0.488 e. The highest BCUT2D eigenvalue weighted by Gasteiger charge is 2.43. The van der Waals surface area contributed by atoms with Gasteiger partial charge in [-0.15, -0.1) is 0 Å². The molecule has 0 unspecified atom stereocenters. The molecule has 0 bridgehead atoms. The maximum atomic E-state index is 13.5. The first-order valence-corrected chi connectivity index (χ1v) is 16.1. The third-order valence-corrected chi connectivity index (χ3v) is 12.1. The van der Waals surface area contributed by atoms with Gasteiger partial charge in [-0.05, 0) is 144 Å². The van der Waals surface area contributed by atoms with E-state index in [2.05, 4.69) is 0 Å². The fraction of sp³-hybridized carbons (Fsp3) is 0.400. The van der Waals surface area contributed by atoms with Crippen molar-refractivity contribution in [3.63, 3.8) is 0 Å². The van der Waals surface area contributed by atoms with Crippen molar-refractivity contribution >= 4 is 18.2 Å². The number of rotatable bonds is 7. The van der Waals surface area contributed by atoms with Gasteiger partial charge in [-0.3, -0.25) is 4.55 Å². The Labute approximate surface area is 228 Å². The Morgan fingerprint density at radius 3 is 0.842 bits per heavy atom. The van der Waals surface area contributed by atoms with Crippen LogP contribution in [0.5, 0.6) is 17.2 Å². The minimum absolute atomic E-state index is 0.416. The Morgan fingerprint density at radius 1 is 0.474 bits per heavy atom. The Hall–Kier alpha value is -2.68. The maximum absolute atomic E-state index is 13.5. The molecule has 0 aromatic heterocycles. The van der Waals surface area contributed by atoms with E-state index in [0.29, 0.717) is 31.9 Å². The van der Waals surface area contributed by atoms with E-state index in [1.165, 1.54) is 0 Å². The van der Waals surface area contributed by atoms with Gasteiger partial charge in [0.05, 0.1) is 0 Å². The van der Waals surface area contributed by atoms with Crippen LogP contribution in [-0.4, -0.2) is 29.8 Å². The molecule has 3 aromatic carbocycles. The second-order valence-electron chi connectivity index (χ2n) is 12.0. The van der Waals surface area contributed by atoms with E-state index >= 15 is 0 Å². The van der Waals surface area contributed by atoms with E-state index < -0.39 is 35.0 Å². The molecule has 0 aliphatic carbocycles. The summed E-state index contributed by atoms with van der Waals surface area (Å²) >= 11 is 0. The van der Waals surface area contributed by atoms with Gasteiger partial charge in [0.1, 0.15) is 34.1 Å². The molecule has 8 heteroatoms. The van der Waals surface area contributed by atoms with E-state index in [0.717, 1.165) is 0 Å². The van der Waals surface area contributed by atoms with Crippen molar-refractivity contribution in [1.82, 2.24) is 0 Å². The van der Waals surface area contributed by atoms with Gasteiger partial charge in [0.15, 0.2) is 0 Å². The van der Waals surface area contributed by atoms with Gasteiger partial charge in [-0.2, -0.15) is 8.42 Å². The van der Waals surface area contributed by atoms with Gasteiger partial charge in [-0.25, -0.2) is 0 Å². The molecule has 0 heterocycles. The van der Waals surface area contributed by atoms with Crippen molar-refractivity contribution < 1.29 is 27.2 Å². The maximum Gasteiger partial charge on any atom is 0.314 e. The van der Waals surface area contributed by atoms with Gasteiger partial charge in [0.2, 0.25) is 0 Å². The largest absolute Gasteiger partial charge is 0.488 e. The molecule has 0 radical (unpaired) electrons. The first-order valence-electron chi connectivity index (χ1n) is 12.5. The van der Waals surface area contributed by atoms with Crippen LogP contribution in [0.4, 0.5) is 0 Å². The number of ether oxygens (including phenoxy) is 3. The zero-order valence-corrected chi connectivity index (χ0v) is 25.4. The summed E-state index contributed by atoms with van der Waals surface area (Å²) in [6.07, 6.45) is 0. The lowest BCUT2D eigenvalue weighted by Gasteiger charge is -2.38. The summed E-state index contributed by atoms with van der Waals surface area (Å²) < 4.78 is 55.8. The van der Waals surface area contributed by atoms with Crippen LogP contribution in [0.15, 0.2) is 87.5 Å². The molecule has 0 aliphatic rings. The number of hydrogen-bond acceptors (Lipinski definition) is 5. The zero-order chi connectivity index (χ0) is 28.6. The van der Waals surface area contributed by atoms with E-state index in [4.69, 9.17) is 14.2 Å². The van der Waals surface area contributed by atoms with E-state index in [9.17, 15) is 13.0 Å². The average molecular weight is 561 g/mol. The number of hydrogen-bond donors (Lipinski definition) is 1. The van der Waals surface area contributed by atoms with Crippen LogP contribution in [-0.2, 0) is 9.15 Å². The molecule has 0 aliphatic heterocycles. The number of benzene rings is 3. The van der Waals surface area contributed by atoms with Gasteiger partial charge in [-0.1, -0.05) is 0 Å². The van der Waals surface area contributed by atoms with Crippen molar-refractivity contribution in [2.24, 2.45) is 0 Å². The van der Waals surface area contributed by atoms with Crippen molar-refractivity contribution in [1.29, 1.82) is 0 Å². The zero-order valence-electron chi connectivity index (χ0n) is 23.7. The highest BCUT2D eigenvalue weighted by atomic mass is 33.2. The molecule has 1 N–H and O–H groups in total. The van der Waals surface area contributed by atoms with Crippen LogP contribution in [0, 0.1) is 0 Å². The molecule has 0 saturated heterocycles. The molecule has 38 heavy (non-hydrogen) atoms. The highest BCUT2D eigenvalue weighted by molar-refractivity contribution is 8.88. The van der Waals surface area contributed by atoms with Gasteiger partial charge in [0, 0.05) is 14.7 Å². The summed E-state index contributed by atoms with van der Waals surface area (Å²) in [4.78, 5) is 1.36. The van der Waals surface area contributed by atoms with Crippen LogP contribution in [0.25, 0.3) is 0 Å². The molecule has 0 spiro atoms. The van der Waals surface area contributed by atoms with Crippen LogP contribution in [0.3, 0.4) is 0 Å². The molecule has 208 valence electrons. The van der Waals surface area contributed by atoms with Crippen molar-refractivity contribution in [3.05, 3.63) is 72.8 Å². The third-order valence-electron chi connectivity index (χ3n) is 5.06. The molecule has 0 saturated carbocycles. The second-order valence-corrected chi connectivity index (χ2v) is 18.2. The molecular formula is C30H40O6S2. The lowest BCUT2D eigenvalue weighted by atomic mass is 10.2. The summed E-state index contributed by atoms with van der Waals surface area (Å²) in [5.74, 6) is 1.81. The quantitative estimate of drug-likeness (QED) is 0.231. The lowest BCUT2D eigenvalue weighted by molar-refractivity contribution is 0.130. The second kappa shape index (κ2) is 10.5. The van der Waals surface area contributed by atoms with E-state index in [1.54, 1.807) is 72.8 Å². The smallest absolute Gasteiger partial charge is 0.314 e. The summed E-state index contributed by atoms with van der Waals surface area (Å²) in [7, 11) is -7.84. The Kier molecular flexibility index (Phi) is 8.23. The fourth-order valence-corrected chi connectivity index (χ4v) is 10.2. The van der Waals surface area contributed by atoms with Gasteiger partial charge >= 0.3 is 9.15 Å².